The number of anilines is 1. The summed E-state index contributed by atoms with van der Waals surface area (Å²) in [6.07, 6.45) is 1.40. The van der Waals surface area contributed by atoms with Crippen molar-refractivity contribution in [3.63, 3.8) is 0 Å². The monoisotopic (exact) mass is 579 g/mol. The van der Waals surface area contributed by atoms with Crippen molar-refractivity contribution in [2.75, 3.05) is 19.0 Å². The predicted molar refractivity (Wildman–Crippen MR) is 161 cm³/mol. The smallest absolute Gasteiger partial charge is 0.271 e. The van der Waals surface area contributed by atoms with Crippen molar-refractivity contribution >= 4 is 23.4 Å². The molecule has 0 spiro atoms. The maximum Gasteiger partial charge on any atom is 0.271 e. The fraction of sp³-hybridized carbons (Fsp3) is 0.152. The molecule has 10 heteroatoms. The first kappa shape index (κ1) is 30.1. The zero-order valence-electron chi connectivity index (χ0n) is 23.6. The fourth-order valence-electron chi connectivity index (χ4n) is 4.03. The molecule has 4 rings (SSSR count). The topological polar surface area (TPSA) is 133 Å². The van der Waals surface area contributed by atoms with Crippen molar-refractivity contribution in [1.29, 1.82) is 5.26 Å². The van der Waals surface area contributed by atoms with Gasteiger partial charge in [-0.05, 0) is 60.0 Å². The summed E-state index contributed by atoms with van der Waals surface area (Å²) < 4.78 is 23.3. The van der Waals surface area contributed by atoms with Crippen molar-refractivity contribution in [1.82, 2.24) is 0 Å². The molecule has 0 aliphatic rings. The van der Waals surface area contributed by atoms with Crippen LogP contribution < -0.4 is 24.3 Å². The number of nitriles is 1. The van der Waals surface area contributed by atoms with Gasteiger partial charge < -0.3 is 24.3 Å². The Morgan fingerprint density at radius 3 is 2.28 bits per heavy atom. The van der Waals surface area contributed by atoms with Crippen molar-refractivity contribution < 1.29 is 28.7 Å². The molecule has 0 saturated carbocycles. The van der Waals surface area contributed by atoms with Crippen LogP contribution in [0.1, 0.15) is 23.6 Å². The van der Waals surface area contributed by atoms with Gasteiger partial charge >= 0.3 is 0 Å². The molecule has 0 atom stereocenters. The number of carbonyl (C=O) groups excluding carboxylic acids is 1. The van der Waals surface area contributed by atoms with E-state index in [0.29, 0.717) is 41.8 Å². The number of ether oxygens (including phenoxy) is 4. The van der Waals surface area contributed by atoms with Gasteiger partial charge in [-0.15, -0.1) is 0 Å². The zero-order valence-corrected chi connectivity index (χ0v) is 23.6. The average molecular weight is 580 g/mol. The number of carbonyl (C=O) groups is 1. The van der Waals surface area contributed by atoms with E-state index in [1.807, 2.05) is 61.5 Å². The highest BCUT2D eigenvalue weighted by molar-refractivity contribution is 6.09. The lowest BCUT2D eigenvalue weighted by atomic mass is 10.1. The number of nitrogens with one attached hydrogen (secondary N) is 1. The molecule has 0 saturated heterocycles. The number of non-ortho nitro benzene ring substituents is 1. The van der Waals surface area contributed by atoms with Gasteiger partial charge in [0.2, 0.25) is 0 Å². The molecule has 0 aliphatic carbocycles. The van der Waals surface area contributed by atoms with E-state index in [9.17, 15) is 20.2 Å². The number of rotatable bonds is 13. The van der Waals surface area contributed by atoms with Gasteiger partial charge in [-0.2, -0.15) is 5.26 Å². The van der Waals surface area contributed by atoms with Crippen LogP contribution in [-0.4, -0.2) is 24.5 Å². The Kier molecular flexibility index (Phi) is 10.3. The van der Waals surface area contributed by atoms with Crippen molar-refractivity contribution in [2.24, 2.45) is 0 Å². The molecule has 0 aromatic heterocycles. The normalized spacial score (nSPS) is 10.8. The average Bonchev–Trinajstić information content (AvgIpc) is 3.03. The number of nitro groups is 1. The third kappa shape index (κ3) is 8.34. The van der Waals surface area contributed by atoms with Crippen LogP contribution in [0.5, 0.6) is 23.0 Å². The Morgan fingerprint density at radius 1 is 0.860 bits per heavy atom. The Labute approximate surface area is 248 Å². The van der Waals surface area contributed by atoms with E-state index >= 15 is 0 Å². The van der Waals surface area contributed by atoms with E-state index in [1.54, 1.807) is 25.3 Å². The van der Waals surface area contributed by atoms with Crippen LogP contribution in [0.4, 0.5) is 11.4 Å². The lowest BCUT2D eigenvalue weighted by molar-refractivity contribution is -0.384. The second kappa shape index (κ2) is 14.7. The molecule has 1 N–H and O–H groups in total. The largest absolute Gasteiger partial charge is 0.493 e. The van der Waals surface area contributed by atoms with Gasteiger partial charge in [0, 0.05) is 17.8 Å². The first-order valence-corrected chi connectivity index (χ1v) is 13.3. The number of benzene rings is 4. The fourth-order valence-corrected chi connectivity index (χ4v) is 4.03. The Hall–Kier alpha value is -5.82. The van der Waals surface area contributed by atoms with E-state index < -0.39 is 10.8 Å². The highest BCUT2D eigenvalue weighted by Crippen LogP contribution is 2.32. The molecule has 0 aliphatic heterocycles. The molecule has 0 radical (unpaired) electrons. The first-order valence-electron chi connectivity index (χ1n) is 13.3. The predicted octanol–water partition coefficient (Wildman–Crippen LogP) is 6.71. The lowest BCUT2D eigenvalue weighted by Gasteiger charge is -2.15. The molecule has 43 heavy (non-hydrogen) atoms. The van der Waals surface area contributed by atoms with Crippen LogP contribution in [0.15, 0.2) is 96.6 Å². The minimum absolute atomic E-state index is 0.178. The maximum absolute atomic E-state index is 12.7. The Morgan fingerprint density at radius 2 is 1.58 bits per heavy atom. The van der Waals surface area contributed by atoms with Crippen molar-refractivity contribution in [3.8, 4) is 29.1 Å². The highest BCUT2D eigenvalue weighted by Gasteiger charge is 2.14. The number of nitrogens with zero attached hydrogens (tertiary/aromatic N) is 2. The minimum atomic E-state index is -0.702. The van der Waals surface area contributed by atoms with Gasteiger partial charge in [-0.1, -0.05) is 48.5 Å². The molecule has 0 fully saturated rings. The molecule has 0 bridgehead atoms. The van der Waals surface area contributed by atoms with Gasteiger partial charge in [-0.25, -0.2) is 0 Å². The van der Waals surface area contributed by atoms with Crippen LogP contribution >= 0.6 is 0 Å². The van der Waals surface area contributed by atoms with Crippen LogP contribution in [0.2, 0.25) is 0 Å². The maximum atomic E-state index is 12.7. The van der Waals surface area contributed by atoms with E-state index in [-0.39, 0.29) is 23.6 Å². The molecule has 10 nitrogen and oxygen atoms in total. The molecule has 218 valence electrons. The number of methoxy groups -OCH3 is 1. The van der Waals surface area contributed by atoms with Gasteiger partial charge in [-0.3, -0.25) is 14.9 Å². The number of nitro benzene ring substituents is 1. The van der Waals surface area contributed by atoms with Gasteiger partial charge in [0.25, 0.3) is 11.6 Å². The second-order valence-electron chi connectivity index (χ2n) is 9.12. The summed E-state index contributed by atoms with van der Waals surface area (Å²) in [5.41, 5.74) is 2.26. The summed E-state index contributed by atoms with van der Waals surface area (Å²) in [4.78, 5) is 23.2. The van der Waals surface area contributed by atoms with Crippen LogP contribution in [0.3, 0.4) is 0 Å². The highest BCUT2D eigenvalue weighted by atomic mass is 16.6. The summed E-state index contributed by atoms with van der Waals surface area (Å²) in [7, 11) is 1.58. The standard InChI is InChI=1S/C33H29N3O7/c1-3-41-32-17-24(16-26(20-34)33(37)35-27-10-7-11-28(19-27)36(38)39)12-14-30(32)43-22-25-13-15-29(31(18-25)40-2)42-21-23-8-5-4-6-9-23/h4-19H,3,21-22H2,1-2H3,(H,35,37)/b26-16-. The first-order chi connectivity index (χ1) is 20.9. The number of amides is 1. The summed E-state index contributed by atoms with van der Waals surface area (Å²) in [6, 6.07) is 27.8. The summed E-state index contributed by atoms with van der Waals surface area (Å²) >= 11 is 0. The Bertz CT molecular complexity index is 1660. The molecule has 1 amide bonds. The molecular weight excluding hydrogens is 550 g/mol. The third-order valence-corrected chi connectivity index (χ3v) is 6.12. The zero-order chi connectivity index (χ0) is 30.6. The third-order valence-electron chi connectivity index (χ3n) is 6.12. The summed E-state index contributed by atoms with van der Waals surface area (Å²) in [5.74, 6) is 1.40. The number of hydrogen-bond acceptors (Lipinski definition) is 8. The van der Waals surface area contributed by atoms with Crippen LogP contribution in [0, 0.1) is 21.4 Å². The van der Waals surface area contributed by atoms with Crippen LogP contribution in [0.25, 0.3) is 6.08 Å². The van der Waals surface area contributed by atoms with E-state index in [4.69, 9.17) is 18.9 Å². The van der Waals surface area contributed by atoms with Crippen molar-refractivity contribution in [3.05, 3.63) is 123 Å². The van der Waals surface area contributed by atoms with E-state index in [2.05, 4.69) is 5.32 Å². The second-order valence-corrected chi connectivity index (χ2v) is 9.12. The Balaban J connectivity index is 1.45. The van der Waals surface area contributed by atoms with Gasteiger partial charge in [0.05, 0.1) is 18.6 Å². The van der Waals surface area contributed by atoms with Crippen molar-refractivity contribution in [2.45, 2.75) is 20.1 Å². The lowest BCUT2D eigenvalue weighted by Crippen LogP contribution is -2.13. The molecule has 0 heterocycles. The summed E-state index contributed by atoms with van der Waals surface area (Å²) in [6.45, 7) is 2.83. The SMILES string of the molecule is CCOc1cc(/C=C(/C#N)C(=O)Nc2cccc([N+](=O)[O-])c2)ccc1OCc1ccc(OCc2ccccc2)c(OC)c1. The van der Waals surface area contributed by atoms with Crippen LogP contribution in [-0.2, 0) is 18.0 Å². The van der Waals surface area contributed by atoms with E-state index in [1.165, 1.54) is 30.3 Å². The summed E-state index contributed by atoms with van der Waals surface area (Å²) in [5, 5.41) is 23.1. The number of hydrogen-bond donors (Lipinski definition) is 1. The quantitative estimate of drug-likeness (QED) is 0.0800. The van der Waals surface area contributed by atoms with Gasteiger partial charge in [0.15, 0.2) is 23.0 Å². The minimum Gasteiger partial charge on any atom is -0.493 e. The molecule has 4 aromatic carbocycles. The van der Waals surface area contributed by atoms with Gasteiger partial charge in [0.1, 0.15) is 24.9 Å². The van der Waals surface area contributed by atoms with E-state index in [0.717, 1.165) is 11.1 Å². The molecule has 4 aromatic rings. The molecule has 0 unspecified atom stereocenters. The molecular formula is C33H29N3O7.